The van der Waals surface area contributed by atoms with Gasteiger partial charge in [-0.3, -0.25) is 4.79 Å². The maximum Gasteiger partial charge on any atom is 0.228 e. The summed E-state index contributed by atoms with van der Waals surface area (Å²) in [5.41, 5.74) is 0. The van der Waals surface area contributed by atoms with Crippen LogP contribution in [0, 0.1) is 11.8 Å². The number of amides is 1. The third kappa shape index (κ3) is 1.65. The molecule has 2 unspecified atom stereocenters. The summed E-state index contributed by atoms with van der Waals surface area (Å²) in [4.78, 5) is 13.5. The minimum Gasteiger partial charge on any atom is -0.392 e. The number of carbonyl (C=O) groups is 1. The van der Waals surface area contributed by atoms with E-state index in [0.29, 0.717) is 5.92 Å². The lowest BCUT2D eigenvalue weighted by Gasteiger charge is -2.38. The monoisotopic (exact) mass is 197 g/mol. The summed E-state index contributed by atoms with van der Waals surface area (Å²) in [6.45, 7) is 0.854. The van der Waals surface area contributed by atoms with Crippen molar-refractivity contribution in [2.45, 2.75) is 38.2 Å². The van der Waals surface area contributed by atoms with Crippen LogP contribution in [-0.2, 0) is 4.79 Å². The minimum absolute atomic E-state index is 0.112. The molecule has 2 fully saturated rings. The van der Waals surface area contributed by atoms with Crippen molar-refractivity contribution in [3.8, 4) is 0 Å². The quantitative estimate of drug-likeness (QED) is 0.718. The fourth-order valence-corrected chi connectivity index (χ4v) is 2.49. The number of aliphatic hydroxyl groups excluding tert-OH is 1. The highest BCUT2D eigenvalue weighted by Gasteiger charge is 2.38. The first-order valence-electron chi connectivity index (χ1n) is 5.63. The molecule has 1 amide bonds. The minimum atomic E-state index is -0.376. The Labute approximate surface area is 85.1 Å². The highest BCUT2D eigenvalue weighted by molar-refractivity contribution is 5.79. The van der Waals surface area contributed by atoms with E-state index < -0.39 is 0 Å². The van der Waals surface area contributed by atoms with Crippen molar-refractivity contribution < 1.29 is 9.90 Å². The number of piperidine rings is 1. The van der Waals surface area contributed by atoms with Gasteiger partial charge in [-0.2, -0.15) is 0 Å². The second-order valence-corrected chi connectivity index (χ2v) is 4.69. The topological polar surface area (TPSA) is 40.5 Å². The van der Waals surface area contributed by atoms with Crippen molar-refractivity contribution in [2.75, 3.05) is 13.6 Å². The standard InChI is InChI=1S/C11H19NO2/c1-12-7-3-6-9(11(12)14)10(13)8-4-2-5-8/h8-10,13H,2-7H2,1H3. The van der Waals surface area contributed by atoms with Crippen LogP contribution in [0.4, 0.5) is 0 Å². The Morgan fingerprint density at radius 3 is 2.64 bits per heavy atom. The van der Waals surface area contributed by atoms with Crippen molar-refractivity contribution in [2.24, 2.45) is 11.8 Å². The first-order valence-corrected chi connectivity index (χ1v) is 5.63. The van der Waals surface area contributed by atoms with Crippen LogP contribution in [0.5, 0.6) is 0 Å². The Bertz CT molecular complexity index is 225. The summed E-state index contributed by atoms with van der Waals surface area (Å²) in [7, 11) is 1.84. The van der Waals surface area contributed by atoms with Gasteiger partial charge in [0.25, 0.3) is 0 Å². The Kier molecular flexibility index (Phi) is 2.77. The number of aliphatic hydroxyl groups is 1. The Morgan fingerprint density at radius 2 is 2.07 bits per heavy atom. The molecular formula is C11H19NO2. The normalized spacial score (nSPS) is 31.4. The van der Waals surface area contributed by atoms with Crippen molar-refractivity contribution in [3.05, 3.63) is 0 Å². The van der Waals surface area contributed by atoms with Crippen LogP contribution in [0.15, 0.2) is 0 Å². The second kappa shape index (κ2) is 3.89. The first kappa shape index (κ1) is 9.97. The molecule has 2 atom stereocenters. The van der Waals surface area contributed by atoms with Crippen LogP contribution in [0.1, 0.15) is 32.1 Å². The zero-order valence-corrected chi connectivity index (χ0v) is 8.78. The summed E-state index contributed by atoms with van der Waals surface area (Å²) >= 11 is 0. The zero-order chi connectivity index (χ0) is 10.1. The molecule has 1 heterocycles. The van der Waals surface area contributed by atoms with Crippen molar-refractivity contribution in [1.82, 2.24) is 4.90 Å². The molecule has 0 radical (unpaired) electrons. The molecule has 0 aromatic rings. The van der Waals surface area contributed by atoms with Gasteiger partial charge in [-0.25, -0.2) is 0 Å². The van der Waals surface area contributed by atoms with E-state index in [1.54, 1.807) is 4.90 Å². The molecule has 1 N–H and O–H groups in total. The zero-order valence-electron chi connectivity index (χ0n) is 8.78. The van der Waals surface area contributed by atoms with Crippen LogP contribution in [0.3, 0.4) is 0 Å². The summed E-state index contributed by atoms with van der Waals surface area (Å²) in [6, 6.07) is 0. The molecule has 3 nitrogen and oxygen atoms in total. The molecular weight excluding hydrogens is 178 g/mol. The van der Waals surface area contributed by atoms with E-state index in [0.717, 1.165) is 32.2 Å². The molecule has 1 aliphatic heterocycles. The highest BCUT2D eigenvalue weighted by atomic mass is 16.3. The number of carbonyl (C=O) groups excluding carboxylic acids is 1. The molecule has 2 rings (SSSR count). The summed E-state index contributed by atoms with van der Waals surface area (Å²) in [6.07, 6.45) is 4.97. The Balaban J connectivity index is 1.97. The molecule has 1 aliphatic carbocycles. The molecule has 0 aromatic carbocycles. The van der Waals surface area contributed by atoms with Gasteiger partial charge in [0, 0.05) is 13.6 Å². The largest absolute Gasteiger partial charge is 0.392 e. The van der Waals surface area contributed by atoms with Gasteiger partial charge in [-0.1, -0.05) is 6.42 Å². The number of likely N-dealkylation sites (tertiary alicyclic amines) is 1. The smallest absolute Gasteiger partial charge is 0.228 e. The summed E-state index contributed by atoms with van der Waals surface area (Å²) in [5, 5.41) is 10.0. The average molecular weight is 197 g/mol. The third-order valence-corrected chi connectivity index (χ3v) is 3.75. The van der Waals surface area contributed by atoms with E-state index >= 15 is 0 Å². The fourth-order valence-electron chi connectivity index (χ4n) is 2.49. The van der Waals surface area contributed by atoms with Crippen molar-refractivity contribution in [3.63, 3.8) is 0 Å². The van der Waals surface area contributed by atoms with E-state index in [1.165, 1.54) is 6.42 Å². The van der Waals surface area contributed by atoms with Crippen LogP contribution in [0.25, 0.3) is 0 Å². The highest BCUT2D eigenvalue weighted by Crippen LogP contribution is 2.35. The fraction of sp³-hybridized carbons (Fsp3) is 0.909. The van der Waals surface area contributed by atoms with Crippen LogP contribution < -0.4 is 0 Å². The van der Waals surface area contributed by atoms with E-state index in [4.69, 9.17) is 0 Å². The van der Waals surface area contributed by atoms with Gasteiger partial charge in [0.1, 0.15) is 0 Å². The molecule has 0 spiro atoms. The molecule has 14 heavy (non-hydrogen) atoms. The summed E-state index contributed by atoms with van der Waals surface area (Å²) < 4.78 is 0. The van der Waals surface area contributed by atoms with E-state index in [-0.39, 0.29) is 17.9 Å². The molecule has 1 saturated heterocycles. The lowest BCUT2D eigenvalue weighted by atomic mass is 9.74. The first-order chi connectivity index (χ1) is 6.70. The van der Waals surface area contributed by atoms with Gasteiger partial charge in [0.2, 0.25) is 5.91 Å². The molecule has 1 saturated carbocycles. The predicted octanol–water partition coefficient (Wildman–Crippen LogP) is 1.02. The summed E-state index contributed by atoms with van der Waals surface area (Å²) in [5.74, 6) is 0.435. The van der Waals surface area contributed by atoms with Gasteiger partial charge in [-0.15, -0.1) is 0 Å². The van der Waals surface area contributed by atoms with Crippen LogP contribution in [-0.4, -0.2) is 35.6 Å². The average Bonchev–Trinajstić information content (AvgIpc) is 2.06. The van der Waals surface area contributed by atoms with Crippen molar-refractivity contribution >= 4 is 5.91 Å². The number of hydrogen-bond acceptors (Lipinski definition) is 2. The van der Waals surface area contributed by atoms with Gasteiger partial charge in [0.05, 0.1) is 12.0 Å². The maximum atomic E-state index is 11.8. The molecule has 0 aromatic heterocycles. The van der Waals surface area contributed by atoms with Crippen LogP contribution >= 0.6 is 0 Å². The lowest BCUT2D eigenvalue weighted by Crippen LogP contribution is -2.46. The van der Waals surface area contributed by atoms with Gasteiger partial charge in [0.15, 0.2) is 0 Å². The molecule has 2 aliphatic rings. The van der Waals surface area contributed by atoms with Crippen molar-refractivity contribution in [1.29, 1.82) is 0 Å². The SMILES string of the molecule is CN1CCCC(C(O)C2CCC2)C1=O. The number of hydrogen-bond donors (Lipinski definition) is 1. The van der Waals surface area contributed by atoms with Gasteiger partial charge < -0.3 is 10.0 Å². The van der Waals surface area contributed by atoms with Gasteiger partial charge in [-0.05, 0) is 31.6 Å². The predicted molar refractivity (Wildman–Crippen MR) is 53.7 cm³/mol. The third-order valence-electron chi connectivity index (χ3n) is 3.75. The molecule has 80 valence electrons. The maximum absolute atomic E-state index is 11.8. The second-order valence-electron chi connectivity index (χ2n) is 4.69. The molecule has 0 bridgehead atoms. The number of nitrogens with zero attached hydrogens (tertiary/aromatic N) is 1. The van der Waals surface area contributed by atoms with E-state index in [9.17, 15) is 9.90 Å². The Hall–Kier alpha value is -0.570. The lowest BCUT2D eigenvalue weighted by molar-refractivity contribution is -0.144. The van der Waals surface area contributed by atoms with Crippen LogP contribution in [0.2, 0.25) is 0 Å². The Morgan fingerprint density at radius 1 is 1.36 bits per heavy atom. The molecule has 3 heteroatoms. The van der Waals surface area contributed by atoms with Gasteiger partial charge >= 0.3 is 0 Å². The van der Waals surface area contributed by atoms with E-state index in [1.807, 2.05) is 7.05 Å². The van der Waals surface area contributed by atoms with E-state index in [2.05, 4.69) is 0 Å². The number of rotatable bonds is 2.